The van der Waals surface area contributed by atoms with E-state index in [2.05, 4.69) is 62.9 Å². The molecule has 194 valence electrons. The number of anilines is 2. The fourth-order valence-corrected chi connectivity index (χ4v) is 5.91. The van der Waals surface area contributed by atoms with Crippen LogP contribution < -0.4 is 10.9 Å². The van der Waals surface area contributed by atoms with Crippen LogP contribution in [0.4, 0.5) is 11.6 Å². The Morgan fingerprint density at radius 1 is 1.16 bits per heavy atom. The van der Waals surface area contributed by atoms with Crippen LogP contribution in [0.25, 0.3) is 16.9 Å². The molecular weight excluding hydrogens is 486 g/mol. The van der Waals surface area contributed by atoms with Gasteiger partial charge in [-0.25, -0.2) is 19.3 Å². The molecule has 0 bridgehead atoms. The molecule has 0 saturated carbocycles. The Labute approximate surface area is 222 Å². The fraction of sp³-hybridized carbons (Fsp3) is 0.429. The predicted octanol–water partition coefficient (Wildman–Crippen LogP) is 5.41. The van der Waals surface area contributed by atoms with Crippen molar-refractivity contribution >= 4 is 34.3 Å². The Morgan fingerprint density at radius 2 is 1.92 bits per heavy atom. The molecule has 3 aromatic heterocycles. The summed E-state index contributed by atoms with van der Waals surface area (Å²) >= 11 is 6.78. The van der Waals surface area contributed by atoms with E-state index in [9.17, 15) is 4.79 Å². The van der Waals surface area contributed by atoms with E-state index in [4.69, 9.17) is 21.6 Å². The van der Waals surface area contributed by atoms with Gasteiger partial charge >= 0.3 is 0 Å². The fourth-order valence-electron chi connectivity index (χ4n) is 5.41. The molecule has 8 nitrogen and oxygen atoms in total. The van der Waals surface area contributed by atoms with Crippen molar-refractivity contribution in [3.05, 3.63) is 68.7 Å². The van der Waals surface area contributed by atoms with E-state index in [1.165, 1.54) is 11.1 Å². The second kappa shape index (κ2) is 8.96. The first-order valence-corrected chi connectivity index (χ1v) is 13.0. The van der Waals surface area contributed by atoms with Gasteiger partial charge in [0.1, 0.15) is 5.39 Å². The molecular formula is C28H34ClN7O. The standard InChI is InChI=1S/C28H34ClN7O/c1-8-35-25(37)19-14-30-26(33-24(19)36(35)22-11-9-10-21(32-22)27(2,3)4)31-18-12-17-15-34(7)16-28(5,6)23(17)20(29)13-18/h9-14H,8,15-16H2,1-7H3,(H,30,31,33). The van der Waals surface area contributed by atoms with Crippen LogP contribution in [0.5, 0.6) is 0 Å². The third-order valence-corrected chi connectivity index (χ3v) is 7.20. The maximum absolute atomic E-state index is 13.2. The molecule has 0 fully saturated rings. The molecule has 1 N–H and O–H groups in total. The summed E-state index contributed by atoms with van der Waals surface area (Å²) < 4.78 is 3.43. The normalized spacial score (nSPS) is 15.7. The highest BCUT2D eigenvalue weighted by Crippen LogP contribution is 2.39. The van der Waals surface area contributed by atoms with Crippen molar-refractivity contribution in [2.45, 2.75) is 65.5 Å². The van der Waals surface area contributed by atoms with E-state index in [1.807, 2.05) is 31.2 Å². The molecule has 9 heteroatoms. The highest BCUT2D eigenvalue weighted by Gasteiger charge is 2.32. The van der Waals surface area contributed by atoms with Crippen molar-refractivity contribution in [1.29, 1.82) is 0 Å². The number of halogens is 1. The topological polar surface area (TPSA) is 80.9 Å². The summed E-state index contributed by atoms with van der Waals surface area (Å²) in [5.41, 5.74) is 4.31. The van der Waals surface area contributed by atoms with Crippen molar-refractivity contribution in [2.24, 2.45) is 0 Å². The van der Waals surface area contributed by atoms with Crippen LogP contribution in [-0.2, 0) is 23.9 Å². The molecule has 0 aliphatic carbocycles. The Kier molecular flexibility index (Phi) is 6.15. The Morgan fingerprint density at radius 3 is 2.62 bits per heavy atom. The first-order chi connectivity index (χ1) is 17.4. The first-order valence-electron chi connectivity index (χ1n) is 12.6. The molecule has 5 rings (SSSR count). The van der Waals surface area contributed by atoms with Gasteiger partial charge in [0, 0.05) is 53.1 Å². The van der Waals surface area contributed by atoms with Gasteiger partial charge in [0.25, 0.3) is 5.56 Å². The summed E-state index contributed by atoms with van der Waals surface area (Å²) in [5.74, 6) is 1.04. The number of pyridine rings is 1. The van der Waals surface area contributed by atoms with Crippen LogP contribution in [0, 0.1) is 0 Å². The second-order valence-corrected chi connectivity index (χ2v) is 12.0. The van der Waals surface area contributed by atoms with Gasteiger partial charge in [-0.05, 0) is 49.4 Å². The van der Waals surface area contributed by atoms with Crippen molar-refractivity contribution in [3.63, 3.8) is 0 Å². The summed E-state index contributed by atoms with van der Waals surface area (Å²) in [6.07, 6.45) is 1.58. The molecule has 1 aliphatic heterocycles. The average molecular weight is 520 g/mol. The van der Waals surface area contributed by atoms with E-state index in [0.29, 0.717) is 29.3 Å². The van der Waals surface area contributed by atoms with Gasteiger partial charge in [-0.2, -0.15) is 4.98 Å². The van der Waals surface area contributed by atoms with Crippen molar-refractivity contribution in [3.8, 4) is 5.82 Å². The lowest BCUT2D eigenvalue weighted by molar-refractivity contribution is 0.236. The van der Waals surface area contributed by atoms with Crippen LogP contribution in [0.3, 0.4) is 0 Å². The molecule has 37 heavy (non-hydrogen) atoms. The second-order valence-electron chi connectivity index (χ2n) is 11.6. The minimum Gasteiger partial charge on any atom is -0.324 e. The van der Waals surface area contributed by atoms with Gasteiger partial charge < -0.3 is 10.2 Å². The summed E-state index contributed by atoms with van der Waals surface area (Å²) in [6.45, 7) is 15.0. The predicted molar refractivity (Wildman–Crippen MR) is 149 cm³/mol. The minimum atomic E-state index is -0.144. The van der Waals surface area contributed by atoms with E-state index in [-0.39, 0.29) is 16.4 Å². The lowest BCUT2D eigenvalue weighted by atomic mass is 9.78. The Bertz CT molecular complexity index is 1560. The van der Waals surface area contributed by atoms with Crippen LogP contribution in [0.1, 0.15) is 58.4 Å². The molecule has 0 unspecified atom stereocenters. The number of aromatic nitrogens is 5. The van der Waals surface area contributed by atoms with Gasteiger partial charge in [-0.1, -0.05) is 52.3 Å². The summed E-state index contributed by atoms with van der Waals surface area (Å²) in [5, 5.41) is 4.50. The van der Waals surface area contributed by atoms with E-state index >= 15 is 0 Å². The largest absolute Gasteiger partial charge is 0.324 e. The molecule has 0 atom stereocenters. The zero-order valence-electron chi connectivity index (χ0n) is 22.6. The maximum Gasteiger partial charge on any atom is 0.278 e. The molecule has 0 amide bonds. The molecule has 4 heterocycles. The lowest BCUT2D eigenvalue weighted by Gasteiger charge is -2.39. The number of fused-ring (bicyclic) bond motifs is 2. The van der Waals surface area contributed by atoms with Crippen molar-refractivity contribution in [1.82, 2.24) is 29.2 Å². The highest BCUT2D eigenvalue weighted by molar-refractivity contribution is 6.32. The highest BCUT2D eigenvalue weighted by atomic mass is 35.5. The Hall–Kier alpha value is -3.23. The van der Waals surface area contributed by atoms with Gasteiger partial charge in [-0.15, -0.1) is 0 Å². The first kappa shape index (κ1) is 25.4. The molecule has 1 aliphatic rings. The monoisotopic (exact) mass is 519 g/mol. The number of hydrogen-bond donors (Lipinski definition) is 1. The average Bonchev–Trinajstić information content (AvgIpc) is 3.08. The van der Waals surface area contributed by atoms with Crippen LogP contribution >= 0.6 is 11.6 Å². The number of benzene rings is 1. The minimum absolute atomic E-state index is 0.0406. The third-order valence-electron chi connectivity index (χ3n) is 6.91. The number of likely N-dealkylation sites (N-methyl/N-ethyl adjacent to an activating group) is 1. The van der Waals surface area contributed by atoms with Gasteiger partial charge in [-0.3, -0.25) is 4.79 Å². The lowest BCUT2D eigenvalue weighted by Crippen LogP contribution is -2.40. The molecule has 1 aromatic carbocycles. The zero-order chi connectivity index (χ0) is 26.7. The van der Waals surface area contributed by atoms with Gasteiger partial charge in [0.15, 0.2) is 11.5 Å². The van der Waals surface area contributed by atoms with Gasteiger partial charge in [0.05, 0.1) is 0 Å². The van der Waals surface area contributed by atoms with Crippen LogP contribution in [-0.4, -0.2) is 42.8 Å². The summed E-state index contributed by atoms with van der Waals surface area (Å²) in [7, 11) is 2.12. The zero-order valence-corrected chi connectivity index (χ0v) is 23.3. The van der Waals surface area contributed by atoms with Crippen molar-refractivity contribution < 1.29 is 0 Å². The number of rotatable bonds is 4. The van der Waals surface area contributed by atoms with Crippen LogP contribution in [0.15, 0.2) is 41.3 Å². The van der Waals surface area contributed by atoms with Gasteiger partial charge in [0.2, 0.25) is 5.95 Å². The molecule has 0 spiro atoms. The summed E-state index contributed by atoms with van der Waals surface area (Å²) in [6, 6.07) is 9.92. The molecule has 0 radical (unpaired) electrons. The molecule has 0 saturated heterocycles. The quantitative estimate of drug-likeness (QED) is 0.388. The van der Waals surface area contributed by atoms with E-state index in [1.54, 1.807) is 15.6 Å². The number of nitrogens with zero attached hydrogens (tertiary/aromatic N) is 6. The number of hydrogen-bond acceptors (Lipinski definition) is 6. The maximum atomic E-state index is 13.2. The van der Waals surface area contributed by atoms with E-state index in [0.717, 1.165) is 29.5 Å². The van der Waals surface area contributed by atoms with E-state index < -0.39 is 0 Å². The summed E-state index contributed by atoms with van der Waals surface area (Å²) in [4.78, 5) is 29.6. The SMILES string of the molecule is CCn1c(=O)c2cnc(Nc3cc(Cl)c4c(c3)CN(C)CC4(C)C)nc2n1-c1cccc(C(C)(C)C)n1. The smallest absolute Gasteiger partial charge is 0.278 e. The third kappa shape index (κ3) is 4.53. The van der Waals surface area contributed by atoms with Crippen LogP contribution in [0.2, 0.25) is 5.02 Å². The Balaban J connectivity index is 1.61. The number of nitrogens with one attached hydrogen (secondary N) is 1. The molecule has 4 aromatic rings. The van der Waals surface area contributed by atoms with Crippen molar-refractivity contribution in [2.75, 3.05) is 18.9 Å².